The molecule has 0 spiro atoms. The van der Waals surface area contributed by atoms with Gasteiger partial charge in [-0.15, -0.1) is 0 Å². The molecule has 0 aromatic carbocycles. The molecule has 0 atom stereocenters. The number of aromatic nitrogens is 1. The quantitative estimate of drug-likeness (QED) is 0.919. The molecule has 20 heavy (non-hydrogen) atoms. The third kappa shape index (κ3) is 3.13. The minimum Gasteiger partial charge on any atom is -0.392 e. The Kier molecular flexibility index (Phi) is 4.35. The monoisotopic (exact) mass is 277 g/mol. The largest absolute Gasteiger partial charge is 0.392 e. The highest BCUT2D eigenvalue weighted by molar-refractivity contribution is 5.44. The van der Waals surface area contributed by atoms with Gasteiger partial charge in [-0.3, -0.25) is 4.90 Å². The molecule has 4 heteroatoms. The molecular weight excluding hydrogens is 250 g/mol. The van der Waals surface area contributed by atoms with Gasteiger partial charge in [0.1, 0.15) is 5.82 Å². The van der Waals surface area contributed by atoms with Gasteiger partial charge in [0.25, 0.3) is 0 Å². The van der Waals surface area contributed by atoms with Gasteiger partial charge in [-0.2, -0.15) is 0 Å². The number of pyridine rings is 1. The maximum atomic E-state index is 9.46. The topological polar surface area (TPSA) is 39.6 Å². The van der Waals surface area contributed by atoms with Gasteiger partial charge in [-0.25, -0.2) is 4.98 Å². The van der Waals surface area contributed by atoms with Crippen LogP contribution in [0.1, 0.15) is 44.9 Å². The SMILES string of the molecule is CC(C)c1cc(CO)cc(N2CCN(C)C(C)(C)C2)n1. The number of hydrogen-bond donors (Lipinski definition) is 1. The average molecular weight is 277 g/mol. The maximum absolute atomic E-state index is 9.46. The van der Waals surface area contributed by atoms with Gasteiger partial charge < -0.3 is 10.0 Å². The summed E-state index contributed by atoms with van der Waals surface area (Å²) in [5.74, 6) is 1.38. The highest BCUT2D eigenvalue weighted by Gasteiger charge is 2.31. The molecule has 0 unspecified atom stereocenters. The molecule has 0 bridgehead atoms. The van der Waals surface area contributed by atoms with Gasteiger partial charge in [0.15, 0.2) is 0 Å². The first kappa shape index (κ1) is 15.3. The fourth-order valence-corrected chi connectivity index (χ4v) is 2.58. The van der Waals surface area contributed by atoms with Crippen molar-refractivity contribution in [1.29, 1.82) is 0 Å². The van der Waals surface area contributed by atoms with Crippen LogP contribution in [0.25, 0.3) is 0 Å². The van der Waals surface area contributed by atoms with Crippen LogP contribution in [-0.4, -0.2) is 47.2 Å². The van der Waals surface area contributed by atoms with Gasteiger partial charge in [0.2, 0.25) is 0 Å². The second kappa shape index (κ2) is 5.70. The van der Waals surface area contributed by atoms with Crippen molar-refractivity contribution in [3.05, 3.63) is 23.4 Å². The van der Waals surface area contributed by atoms with Crippen molar-refractivity contribution in [1.82, 2.24) is 9.88 Å². The van der Waals surface area contributed by atoms with Gasteiger partial charge in [-0.1, -0.05) is 13.8 Å². The summed E-state index contributed by atoms with van der Waals surface area (Å²) in [6, 6.07) is 4.03. The molecule has 112 valence electrons. The molecule has 1 N–H and O–H groups in total. The van der Waals surface area contributed by atoms with E-state index in [9.17, 15) is 5.11 Å². The standard InChI is InChI=1S/C16H27N3O/c1-12(2)14-8-13(10-20)9-15(17-14)19-7-6-18(5)16(3,4)11-19/h8-9,12,20H,6-7,10-11H2,1-5H3. The lowest BCUT2D eigenvalue weighted by molar-refractivity contribution is 0.138. The van der Waals surface area contributed by atoms with Crippen molar-refractivity contribution in [2.75, 3.05) is 31.6 Å². The molecule has 1 saturated heterocycles. The molecule has 4 nitrogen and oxygen atoms in total. The van der Waals surface area contributed by atoms with E-state index in [1.165, 1.54) is 0 Å². The minimum absolute atomic E-state index is 0.0758. The normalized spacial score (nSPS) is 19.6. The molecule has 0 saturated carbocycles. The van der Waals surface area contributed by atoms with E-state index >= 15 is 0 Å². The number of anilines is 1. The number of hydrogen-bond acceptors (Lipinski definition) is 4. The first-order chi connectivity index (χ1) is 9.33. The summed E-state index contributed by atoms with van der Waals surface area (Å²) in [5.41, 5.74) is 2.16. The number of piperazine rings is 1. The van der Waals surface area contributed by atoms with Gasteiger partial charge in [0, 0.05) is 30.9 Å². The molecule has 1 aromatic rings. The molecule has 0 amide bonds. The number of aliphatic hydroxyl groups is 1. The first-order valence-corrected chi connectivity index (χ1v) is 7.41. The van der Waals surface area contributed by atoms with Crippen molar-refractivity contribution >= 4 is 5.82 Å². The lowest BCUT2D eigenvalue weighted by Crippen LogP contribution is -2.57. The fraction of sp³-hybridized carbons (Fsp3) is 0.688. The first-order valence-electron chi connectivity index (χ1n) is 7.41. The summed E-state index contributed by atoms with van der Waals surface area (Å²) < 4.78 is 0. The number of aliphatic hydroxyl groups excluding tert-OH is 1. The zero-order chi connectivity index (χ0) is 14.9. The lowest BCUT2D eigenvalue weighted by atomic mass is 9.99. The van der Waals surface area contributed by atoms with E-state index in [-0.39, 0.29) is 12.1 Å². The fourth-order valence-electron chi connectivity index (χ4n) is 2.58. The van der Waals surface area contributed by atoms with E-state index in [2.05, 4.69) is 44.5 Å². The molecule has 1 fully saturated rings. The highest BCUT2D eigenvalue weighted by Crippen LogP contribution is 2.26. The number of nitrogens with zero attached hydrogens (tertiary/aromatic N) is 3. The smallest absolute Gasteiger partial charge is 0.129 e. The Hall–Kier alpha value is -1.13. The highest BCUT2D eigenvalue weighted by atomic mass is 16.3. The van der Waals surface area contributed by atoms with E-state index < -0.39 is 0 Å². The van der Waals surface area contributed by atoms with Crippen LogP contribution in [0.5, 0.6) is 0 Å². The predicted octanol–water partition coefficient (Wildman–Crippen LogP) is 2.23. The molecular formula is C16H27N3O. The third-order valence-electron chi connectivity index (χ3n) is 4.31. The Balaban J connectivity index is 2.30. The van der Waals surface area contributed by atoms with E-state index in [0.717, 1.165) is 36.7 Å². The van der Waals surface area contributed by atoms with Crippen molar-refractivity contribution in [3.8, 4) is 0 Å². The summed E-state index contributed by atoms with van der Waals surface area (Å²) >= 11 is 0. The van der Waals surface area contributed by atoms with Crippen LogP contribution in [-0.2, 0) is 6.61 Å². The summed E-state index contributed by atoms with van der Waals surface area (Å²) in [6.45, 7) is 11.9. The van der Waals surface area contributed by atoms with Crippen LogP contribution in [0.15, 0.2) is 12.1 Å². The molecule has 1 aliphatic rings. The zero-order valence-corrected chi connectivity index (χ0v) is 13.3. The second-order valence-corrected chi connectivity index (χ2v) is 6.73. The second-order valence-electron chi connectivity index (χ2n) is 6.73. The van der Waals surface area contributed by atoms with E-state index in [0.29, 0.717) is 5.92 Å². The van der Waals surface area contributed by atoms with E-state index in [4.69, 9.17) is 4.98 Å². The Morgan fingerprint density at radius 3 is 2.55 bits per heavy atom. The van der Waals surface area contributed by atoms with Crippen molar-refractivity contribution in [2.24, 2.45) is 0 Å². The zero-order valence-electron chi connectivity index (χ0n) is 13.3. The molecule has 1 aromatic heterocycles. The van der Waals surface area contributed by atoms with E-state index in [1.807, 2.05) is 12.1 Å². The summed E-state index contributed by atoms with van der Waals surface area (Å²) in [6.07, 6.45) is 0. The number of likely N-dealkylation sites (N-methyl/N-ethyl adjacent to an activating group) is 1. The van der Waals surface area contributed by atoms with Crippen LogP contribution in [0.2, 0.25) is 0 Å². The molecule has 2 rings (SSSR count). The summed E-state index contributed by atoms with van der Waals surface area (Å²) in [4.78, 5) is 9.52. The average Bonchev–Trinajstić information content (AvgIpc) is 2.41. The Morgan fingerprint density at radius 2 is 2.00 bits per heavy atom. The number of rotatable bonds is 3. The van der Waals surface area contributed by atoms with Gasteiger partial charge in [-0.05, 0) is 44.5 Å². The maximum Gasteiger partial charge on any atom is 0.129 e. The van der Waals surface area contributed by atoms with Crippen molar-refractivity contribution in [3.63, 3.8) is 0 Å². The predicted molar refractivity (Wildman–Crippen MR) is 83.2 cm³/mol. The van der Waals surface area contributed by atoms with Crippen molar-refractivity contribution < 1.29 is 5.11 Å². The Bertz CT molecular complexity index is 471. The van der Waals surface area contributed by atoms with Crippen LogP contribution in [0.4, 0.5) is 5.82 Å². The molecule has 0 aliphatic carbocycles. The Labute approximate surface area is 122 Å². The summed E-state index contributed by atoms with van der Waals surface area (Å²) in [5, 5.41) is 9.46. The Morgan fingerprint density at radius 1 is 1.30 bits per heavy atom. The minimum atomic E-state index is 0.0758. The molecule has 0 radical (unpaired) electrons. The molecule has 2 heterocycles. The lowest BCUT2D eigenvalue weighted by Gasteiger charge is -2.46. The third-order valence-corrected chi connectivity index (χ3v) is 4.31. The van der Waals surface area contributed by atoms with Crippen LogP contribution in [0.3, 0.4) is 0 Å². The molecule has 1 aliphatic heterocycles. The summed E-state index contributed by atoms with van der Waals surface area (Å²) in [7, 11) is 2.18. The van der Waals surface area contributed by atoms with Crippen LogP contribution < -0.4 is 4.90 Å². The van der Waals surface area contributed by atoms with Gasteiger partial charge in [0.05, 0.1) is 6.61 Å². The van der Waals surface area contributed by atoms with Crippen LogP contribution >= 0.6 is 0 Å². The van der Waals surface area contributed by atoms with Gasteiger partial charge >= 0.3 is 0 Å². The van der Waals surface area contributed by atoms with E-state index in [1.54, 1.807) is 0 Å². The van der Waals surface area contributed by atoms with Crippen LogP contribution in [0, 0.1) is 0 Å². The van der Waals surface area contributed by atoms with Crippen molar-refractivity contribution in [2.45, 2.75) is 45.8 Å².